The molecule has 0 saturated heterocycles. The highest BCUT2D eigenvalue weighted by Crippen LogP contribution is 2.41. The first kappa shape index (κ1) is 19.2. The Kier molecular flexibility index (Phi) is 4.67. The highest BCUT2D eigenvalue weighted by atomic mass is 35.5. The van der Waals surface area contributed by atoms with Gasteiger partial charge < -0.3 is 10.5 Å². The Morgan fingerprint density at radius 3 is 2.59 bits per heavy atom. The Bertz CT molecular complexity index is 1290. The summed E-state index contributed by atoms with van der Waals surface area (Å²) in [6.45, 7) is 1.96. The van der Waals surface area contributed by atoms with E-state index in [0.717, 1.165) is 11.1 Å². The molecule has 0 aliphatic heterocycles. The van der Waals surface area contributed by atoms with Crippen molar-refractivity contribution in [2.24, 2.45) is 0 Å². The number of benzene rings is 1. The van der Waals surface area contributed by atoms with Crippen LogP contribution in [0, 0.1) is 0 Å². The molecule has 10 nitrogen and oxygen atoms in total. The van der Waals surface area contributed by atoms with Gasteiger partial charge in [-0.15, -0.1) is 10.2 Å². The maximum Gasteiger partial charge on any atom is 0.349 e. The zero-order valence-electron chi connectivity index (χ0n) is 15.0. The molecule has 150 valence electrons. The number of anilines is 1. The van der Waals surface area contributed by atoms with Gasteiger partial charge in [0.05, 0.1) is 15.7 Å². The molecule has 4 N–H and O–H groups in total. The average Bonchev–Trinajstić information content (AvgIpc) is 3.05. The number of nitrogens with one attached hydrogen (secondary N) is 2. The molecule has 1 aliphatic carbocycles. The first-order valence-electron chi connectivity index (χ1n) is 8.54. The van der Waals surface area contributed by atoms with Crippen molar-refractivity contribution >= 4 is 29.0 Å². The van der Waals surface area contributed by atoms with Gasteiger partial charge in [-0.1, -0.05) is 30.1 Å². The lowest BCUT2D eigenvalue weighted by Crippen LogP contribution is -2.33. The SMILES string of the molecule is C[C@H]1CCc2c(Oc3c(Cl)cc(-n4nc(N)c(=O)[nH]c4=O)cc3Cl)n[nH]c(=O)c21. The summed E-state index contributed by atoms with van der Waals surface area (Å²) in [7, 11) is 0. The highest BCUT2D eigenvalue weighted by molar-refractivity contribution is 6.37. The molecule has 0 amide bonds. The van der Waals surface area contributed by atoms with E-state index >= 15 is 0 Å². The van der Waals surface area contributed by atoms with Gasteiger partial charge in [0, 0.05) is 11.1 Å². The predicted octanol–water partition coefficient (Wildman–Crippen LogP) is 1.74. The molecule has 12 heteroatoms. The summed E-state index contributed by atoms with van der Waals surface area (Å²) in [6, 6.07) is 2.76. The molecule has 1 atom stereocenters. The molecule has 3 aromatic rings. The van der Waals surface area contributed by atoms with Crippen molar-refractivity contribution < 1.29 is 4.74 Å². The van der Waals surface area contributed by atoms with Gasteiger partial charge in [-0.2, -0.15) is 4.68 Å². The van der Waals surface area contributed by atoms with Gasteiger partial charge in [-0.3, -0.25) is 14.6 Å². The summed E-state index contributed by atoms with van der Waals surface area (Å²) >= 11 is 12.6. The number of H-pyrrole nitrogens is 2. The van der Waals surface area contributed by atoms with Crippen molar-refractivity contribution in [3.8, 4) is 17.3 Å². The number of hydrogen-bond donors (Lipinski definition) is 3. The molecule has 0 bridgehead atoms. The van der Waals surface area contributed by atoms with Gasteiger partial charge in [0.1, 0.15) is 0 Å². The number of rotatable bonds is 3. The number of nitrogens with two attached hydrogens (primary N) is 1. The molecule has 1 aliphatic rings. The minimum absolute atomic E-state index is 0.0683. The van der Waals surface area contributed by atoms with E-state index < -0.39 is 11.2 Å². The van der Waals surface area contributed by atoms with Crippen LogP contribution in [0.5, 0.6) is 11.6 Å². The Morgan fingerprint density at radius 1 is 1.21 bits per heavy atom. The van der Waals surface area contributed by atoms with Gasteiger partial charge in [-0.25, -0.2) is 9.89 Å². The maximum absolute atomic E-state index is 12.0. The van der Waals surface area contributed by atoms with E-state index in [1.54, 1.807) is 0 Å². The lowest BCUT2D eigenvalue weighted by atomic mass is 10.1. The van der Waals surface area contributed by atoms with Crippen LogP contribution in [-0.2, 0) is 6.42 Å². The van der Waals surface area contributed by atoms with E-state index in [-0.39, 0.29) is 44.7 Å². The highest BCUT2D eigenvalue weighted by Gasteiger charge is 2.27. The van der Waals surface area contributed by atoms with E-state index in [2.05, 4.69) is 15.3 Å². The minimum Gasteiger partial charge on any atom is -0.434 e. The van der Waals surface area contributed by atoms with Crippen LogP contribution in [0.4, 0.5) is 5.82 Å². The van der Waals surface area contributed by atoms with Crippen LogP contribution >= 0.6 is 23.2 Å². The molecule has 2 heterocycles. The smallest absolute Gasteiger partial charge is 0.349 e. The molecule has 0 spiro atoms. The third kappa shape index (κ3) is 3.30. The van der Waals surface area contributed by atoms with Crippen molar-refractivity contribution in [3.05, 3.63) is 64.5 Å². The Hall–Kier alpha value is -3.11. The maximum atomic E-state index is 12.0. The second-order valence-electron chi connectivity index (χ2n) is 6.59. The van der Waals surface area contributed by atoms with Crippen LogP contribution in [0.3, 0.4) is 0 Å². The molecular formula is C17H14Cl2N6O4. The molecule has 4 rings (SSSR count). The third-order valence-electron chi connectivity index (χ3n) is 4.69. The Labute approximate surface area is 172 Å². The standard InChI is InChI=1S/C17H14Cl2N6O4/c1-6-2-3-8-11(6)14(26)22-23-16(8)29-12-9(18)4-7(5-10(12)19)25-17(28)21-15(27)13(20)24-25/h4-6H,2-3H2,1H3,(H2,20,24)(H,22,26)(H,21,27,28)/t6-/m0/s1. The second-order valence-corrected chi connectivity index (χ2v) is 7.40. The number of hydrogen-bond acceptors (Lipinski definition) is 7. The molecule has 0 radical (unpaired) electrons. The van der Waals surface area contributed by atoms with Gasteiger partial charge in [-0.05, 0) is 30.9 Å². The summed E-state index contributed by atoms with van der Waals surface area (Å²) in [5, 5.41) is 10.3. The van der Waals surface area contributed by atoms with Gasteiger partial charge in [0.15, 0.2) is 5.75 Å². The van der Waals surface area contributed by atoms with Gasteiger partial charge >= 0.3 is 5.69 Å². The van der Waals surface area contributed by atoms with Crippen LogP contribution < -0.4 is 27.3 Å². The number of halogens is 2. The predicted molar refractivity (Wildman–Crippen MR) is 107 cm³/mol. The van der Waals surface area contributed by atoms with Crippen LogP contribution in [-0.4, -0.2) is 25.0 Å². The second kappa shape index (κ2) is 7.05. The van der Waals surface area contributed by atoms with Crippen LogP contribution in [0.1, 0.15) is 30.4 Å². The third-order valence-corrected chi connectivity index (χ3v) is 5.25. The van der Waals surface area contributed by atoms with E-state index in [4.69, 9.17) is 33.7 Å². The molecular weight excluding hydrogens is 423 g/mol. The quantitative estimate of drug-likeness (QED) is 0.565. The summed E-state index contributed by atoms with van der Waals surface area (Å²) in [5.41, 5.74) is 5.15. The number of fused-ring (bicyclic) bond motifs is 1. The number of nitrogen functional groups attached to an aromatic ring is 1. The zero-order valence-corrected chi connectivity index (χ0v) is 16.5. The number of aromatic amines is 2. The average molecular weight is 437 g/mol. The number of ether oxygens (including phenoxy) is 1. The lowest BCUT2D eigenvalue weighted by Gasteiger charge is -2.13. The fourth-order valence-corrected chi connectivity index (χ4v) is 3.84. The van der Waals surface area contributed by atoms with Gasteiger partial charge in [0.25, 0.3) is 11.1 Å². The van der Waals surface area contributed by atoms with E-state index in [9.17, 15) is 14.4 Å². The topological polar surface area (TPSA) is 149 Å². The first-order valence-corrected chi connectivity index (χ1v) is 9.29. The van der Waals surface area contributed by atoms with Crippen LogP contribution in [0.2, 0.25) is 10.0 Å². The summed E-state index contributed by atoms with van der Waals surface area (Å²) in [6.07, 6.45) is 1.45. The fraction of sp³-hybridized carbons (Fsp3) is 0.235. The zero-order chi connectivity index (χ0) is 20.9. The Balaban J connectivity index is 1.77. The van der Waals surface area contributed by atoms with E-state index in [0.29, 0.717) is 17.5 Å². The fourth-order valence-electron chi connectivity index (χ4n) is 3.28. The van der Waals surface area contributed by atoms with Crippen molar-refractivity contribution in [2.45, 2.75) is 25.7 Å². The van der Waals surface area contributed by atoms with Gasteiger partial charge in [0.2, 0.25) is 11.7 Å². The van der Waals surface area contributed by atoms with Crippen molar-refractivity contribution in [3.63, 3.8) is 0 Å². The Morgan fingerprint density at radius 2 is 1.90 bits per heavy atom. The monoisotopic (exact) mass is 436 g/mol. The molecule has 0 unspecified atom stereocenters. The number of aromatic nitrogens is 5. The molecule has 0 fully saturated rings. The van der Waals surface area contributed by atoms with E-state index in [1.807, 2.05) is 11.9 Å². The van der Waals surface area contributed by atoms with Crippen LogP contribution in [0.15, 0.2) is 26.5 Å². The normalized spacial score (nSPS) is 15.3. The molecule has 1 aromatic carbocycles. The van der Waals surface area contributed by atoms with Crippen molar-refractivity contribution in [2.75, 3.05) is 5.73 Å². The van der Waals surface area contributed by atoms with Crippen molar-refractivity contribution in [1.82, 2.24) is 25.0 Å². The molecule has 0 saturated carbocycles. The number of nitrogens with zero attached hydrogens (tertiary/aromatic N) is 3. The lowest BCUT2D eigenvalue weighted by molar-refractivity contribution is 0.448. The first-order chi connectivity index (χ1) is 13.8. The molecule has 2 aromatic heterocycles. The molecule has 29 heavy (non-hydrogen) atoms. The van der Waals surface area contributed by atoms with E-state index in [1.165, 1.54) is 12.1 Å². The summed E-state index contributed by atoms with van der Waals surface area (Å²) in [4.78, 5) is 37.5. The van der Waals surface area contributed by atoms with Crippen LogP contribution in [0.25, 0.3) is 5.69 Å². The summed E-state index contributed by atoms with van der Waals surface area (Å²) in [5.74, 6) is 0.0169. The summed E-state index contributed by atoms with van der Waals surface area (Å²) < 4.78 is 6.67. The van der Waals surface area contributed by atoms with Crippen molar-refractivity contribution in [1.29, 1.82) is 0 Å². The minimum atomic E-state index is -0.806. The largest absolute Gasteiger partial charge is 0.434 e.